The van der Waals surface area contributed by atoms with Crippen LogP contribution in [0.1, 0.15) is 52.7 Å². The molecule has 0 bridgehead atoms. The van der Waals surface area contributed by atoms with Gasteiger partial charge in [-0.1, -0.05) is 151 Å². The van der Waals surface area contributed by atoms with E-state index in [1.807, 2.05) is 0 Å². The largest absolute Gasteiger partial charge is 0.309 e. The number of fused-ring (bicyclic) bond motifs is 6. The Morgan fingerprint density at radius 3 is 0.983 bits per heavy atom. The summed E-state index contributed by atoms with van der Waals surface area (Å²) in [5.74, 6) is 0. The zero-order valence-electron chi connectivity index (χ0n) is 34.2. The first-order chi connectivity index (χ1) is 28.0. The molecule has 2 heteroatoms. The van der Waals surface area contributed by atoms with E-state index in [2.05, 4.69) is 233 Å². The standard InChI is InChI=1S/C56H48N2/c1-55(2,3)43-25-27-53-49(35-43)47-21-13-15-23-51(47)57(53)45-31-39(37-17-9-7-10-18-37)29-41(33-45)42-30-40(38-19-11-8-12-20-38)32-46(34-42)58-52-24-16-14-22-48(52)50-36-44(56(4,5)6)26-28-54(50)58/h7-36H,1-6H3. The summed E-state index contributed by atoms with van der Waals surface area (Å²) in [5, 5.41) is 5.10. The second-order valence-corrected chi connectivity index (χ2v) is 17.9. The summed E-state index contributed by atoms with van der Waals surface area (Å²) in [5.41, 5.74) is 17.0. The Kier molecular flexibility index (Phi) is 8.32. The van der Waals surface area contributed by atoms with E-state index >= 15 is 0 Å². The SMILES string of the molecule is CC(C)(C)c1ccc2c(c1)c1ccccc1n2-c1cc(-c2ccccc2)cc(-c2cc(-c3ccccc3)cc(-n3c4ccccc4c4cc(C(C)(C)C)ccc43)c2)c1. The van der Waals surface area contributed by atoms with Crippen LogP contribution >= 0.6 is 0 Å². The zero-order valence-corrected chi connectivity index (χ0v) is 34.2. The van der Waals surface area contributed by atoms with E-state index in [4.69, 9.17) is 0 Å². The van der Waals surface area contributed by atoms with Crippen LogP contribution in [0.4, 0.5) is 0 Å². The molecule has 0 radical (unpaired) electrons. The first-order valence-corrected chi connectivity index (χ1v) is 20.5. The molecule has 2 aromatic heterocycles. The van der Waals surface area contributed by atoms with Gasteiger partial charge in [0.15, 0.2) is 0 Å². The molecule has 0 N–H and O–H groups in total. The van der Waals surface area contributed by atoms with E-state index in [9.17, 15) is 0 Å². The number of aromatic nitrogens is 2. The van der Waals surface area contributed by atoms with Crippen molar-refractivity contribution in [1.82, 2.24) is 9.13 Å². The number of hydrogen-bond donors (Lipinski definition) is 0. The minimum absolute atomic E-state index is 0.0461. The molecule has 10 aromatic rings. The van der Waals surface area contributed by atoms with Crippen LogP contribution in [0, 0.1) is 0 Å². The molecule has 0 saturated carbocycles. The van der Waals surface area contributed by atoms with Crippen molar-refractivity contribution in [2.24, 2.45) is 0 Å². The predicted molar refractivity (Wildman–Crippen MR) is 249 cm³/mol. The molecule has 0 aliphatic heterocycles. The van der Waals surface area contributed by atoms with E-state index in [0.717, 1.165) is 11.4 Å². The molecular weight excluding hydrogens is 701 g/mol. The normalized spacial score (nSPS) is 12.3. The molecular formula is C56H48N2. The average molecular weight is 749 g/mol. The van der Waals surface area contributed by atoms with E-state index < -0.39 is 0 Å². The molecule has 0 atom stereocenters. The highest BCUT2D eigenvalue weighted by atomic mass is 15.0. The van der Waals surface area contributed by atoms with Crippen molar-refractivity contribution < 1.29 is 0 Å². The highest BCUT2D eigenvalue weighted by Crippen LogP contribution is 2.41. The van der Waals surface area contributed by atoms with Crippen LogP contribution in [0.3, 0.4) is 0 Å². The number of nitrogens with zero attached hydrogens (tertiary/aromatic N) is 2. The number of rotatable bonds is 5. The molecule has 10 rings (SSSR count). The smallest absolute Gasteiger partial charge is 0.0541 e. The van der Waals surface area contributed by atoms with Crippen molar-refractivity contribution in [2.75, 3.05) is 0 Å². The highest BCUT2D eigenvalue weighted by Gasteiger charge is 2.21. The molecule has 0 aliphatic carbocycles. The van der Waals surface area contributed by atoms with Gasteiger partial charge in [-0.15, -0.1) is 0 Å². The lowest BCUT2D eigenvalue weighted by Crippen LogP contribution is -2.10. The minimum atomic E-state index is 0.0461. The first kappa shape index (κ1) is 35.8. The van der Waals surface area contributed by atoms with E-state index in [0.29, 0.717) is 0 Å². The van der Waals surface area contributed by atoms with Crippen LogP contribution < -0.4 is 0 Å². The fourth-order valence-electron chi connectivity index (χ4n) is 8.84. The van der Waals surface area contributed by atoms with Crippen molar-refractivity contribution >= 4 is 43.6 Å². The molecule has 0 unspecified atom stereocenters. The van der Waals surface area contributed by atoms with Crippen molar-refractivity contribution in [3.63, 3.8) is 0 Å². The lowest BCUT2D eigenvalue weighted by molar-refractivity contribution is 0.591. The second-order valence-electron chi connectivity index (χ2n) is 17.9. The van der Waals surface area contributed by atoms with Crippen LogP contribution in [0.15, 0.2) is 182 Å². The van der Waals surface area contributed by atoms with Crippen LogP contribution in [0.2, 0.25) is 0 Å². The predicted octanol–water partition coefficient (Wildman–Crippen LogP) is 15.5. The van der Waals surface area contributed by atoms with Gasteiger partial charge in [-0.25, -0.2) is 0 Å². The fraction of sp³-hybridized carbons (Fsp3) is 0.143. The molecule has 2 heterocycles. The summed E-state index contributed by atoms with van der Waals surface area (Å²) in [6.45, 7) is 13.8. The van der Waals surface area contributed by atoms with E-state index in [-0.39, 0.29) is 10.8 Å². The van der Waals surface area contributed by atoms with Crippen molar-refractivity contribution in [1.29, 1.82) is 0 Å². The van der Waals surface area contributed by atoms with Gasteiger partial charge < -0.3 is 9.13 Å². The number of para-hydroxylation sites is 2. The zero-order chi connectivity index (χ0) is 39.8. The van der Waals surface area contributed by atoms with Gasteiger partial charge in [-0.2, -0.15) is 0 Å². The van der Waals surface area contributed by atoms with Crippen LogP contribution in [0.25, 0.3) is 88.4 Å². The lowest BCUT2D eigenvalue weighted by Gasteiger charge is -2.20. The molecule has 58 heavy (non-hydrogen) atoms. The molecule has 0 aliphatic rings. The third-order valence-corrected chi connectivity index (χ3v) is 12.0. The summed E-state index contributed by atoms with van der Waals surface area (Å²) in [4.78, 5) is 0. The Hall–Kier alpha value is -6.64. The molecule has 0 fully saturated rings. The van der Waals surface area contributed by atoms with Crippen LogP contribution in [-0.2, 0) is 10.8 Å². The maximum Gasteiger partial charge on any atom is 0.0541 e. The third-order valence-electron chi connectivity index (χ3n) is 12.0. The second kappa shape index (κ2) is 13.5. The van der Waals surface area contributed by atoms with Crippen molar-refractivity contribution in [3.05, 3.63) is 193 Å². The Morgan fingerprint density at radius 2 is 0.603 bits per heavy atom. The summed E-state index contributed by atoms with van der Waals surface area (Å²) < 4.78 is 4.93. The fourth-order valence-corrected chi connectivity index (χ4v) is 8.84. The van der Waals surface area contributed by atoms with Crippen molar-refractivity contribution in [3.8, 4) is 44.8 Å². The first-order valence-electron chi connectivity index (χ1n) is 20.5. The Morgan fingerprint density at radius 1 is 0.276 bits per heavy atom. The third kappa shape index (κ3) is 6.12. The Balaban J connectivity index is 1.26. The monoisotopic (exact) mass is 748 g/mol. The van der Waals surface area contributed by atoms with Gasteiger partial charge in [0, 0.05) is 32.9 Å². The maximum atomic E-state index is 2.47. The quantitative estimate of drug-likeness (QED) is 0.166. The van der Waals surface area contributed by atoms with Gasteiger partial charge in [0.2, 0.25) is 0 Å². The molecule has 0 spiro atoms. The molecule has 8 aromatic carbocycles. The molecule has 2 nitrogen and oxygen atoms in total. The maximum absolute atomic E-state index is 2.47. The lowest BCUT2D eigenvalue weighted by atomic mass is 9.86. The van der Waals surface area contributed by atoms with Crippen molar-refractivity contribution in [2.45, 2.75) is 52.4 Å². The van der Waals surface area contributed by atoms with Crippen LogP contribution in [-0.4, -0.2) is 9.13 Å². The molecule has 0 saturated heterocycles. The number of benzene rings is 8. The Labute approximate surface area is 341 Å². The van der Waals surface area contributed by atoms with Gasteiger partial charge in [0.05, 0.1) is 22.1 Å². The summed E-state index contributed by atoms with van der Waals surface area (Å²) >= 11 is 0. The Bertz CT molecular complexity index is 2950. The van der Waals surface area contributed by atoms with E-state index in [1.165, 1.54) is 88.1 Å². The average Bonchev–Trinajstić information content (AvgIpc) is 3.76. The number of hydrogen-bond acceptors (Lipinski definition) is 0. The van der Waals surface area contributed by atoms with Gasteiger partial charge in [0.1, 0.15) is 0 Å². The topological polar surface area (TPSA) is 9.86 Å². The summed E-state index contributed by atoms with van der Waals surface area (Å²) in [7, 11) is 0. The van der Waals surface area contributed by atoms with Gasteiger partial charge in [0.25, 0.3) is 0 Å². The van der Waals surface area contributed by atoms with Gasteiger partial charge >= 0.3 is 0 Å². The summed E-state index contributed by atoms with van der Waals surface area (Å²) in [6.07, 6.45) is 0. The molecule has 282 valence electrons. The van der Waals surface area contributed by atoms with Crippen LogP contribution in [0.5, 0.6) is 0 Å². The highest BCUT2D eigenvalue weighted by molar-refractivity contribution is 6.11. The van der Waals surface area contributed by atoms with Gasteiger partial charge in [-0.05, 0) is 128 Å². The van der Waals surface area contributed by atoms with Gasteiger partial charge in [-0.3, -0.25) is 0 Å². The summed E-state index contributed by atoms with van der Waals surface area (Å²) in [6, 6.07) is 67.7. The molecule has 0 amide bonds. The minimum Gasteiger partial charge on any atom is -0.309 e. The van der Waals surface area contributed by atoms with E-state index in [1.54, 1.807) is 0 Å².